The lowest BCUT2D eigenvalue weighted by Crippen LogP contribution is -2.40. The Kier molecular flexibility index (Phi) is 6.66. The van der Waals surface area contributed by atoms with E-state index in [2.05, 4.69) is 44.4 Å². The van der Waals surface area contributed by atoms with E-state index in [1.165, 1.54) is 0 Å². The molecule has 1 saturated heterocycles. The molecule has 0 saturated carbocycles. The van der Waals surface area contributed by atoms with Crippen molar-refractivity contribution in [2.75, 3.05) is 30.9 Å². The highest BCUT2D eigenvalue weighted by molar-refractivity contribution is 7.72. The SMILES string of the molecule is CC(C)CCOc1c(-c2cn[nH]c2)ncc2nc(NC3CCN(C[SH](=O)=O)CC3)nn12. The first-order valence-corrected chi connectivity index (χ1v) is 11.8. The highest BCUT2D eigenvalue weighted by Gasteiger charge is 2.22. The molecule has 3 aromatic heterocycles. The minimum absolute atomic E-state index is 0.119. The van der Waals surface area contributed by atoms with E-state index in [9.17, 15) is 8.42 Å². The fourth-order valence-corrected chi connectivity index (χ4v) is 4.17. The van der Waals surface area contributed by atoms with E-state index in [1.807, 2.05) is 4.90 Å². The molecule has 0 unspecified atom stereocenters. The van der Waals surface area contributed by atoms with Gasteiger partial charge in [-0.25, -0.2) is 13.4 Å². The van der Waals surface area contributed by atoms with Crippen molar-refractivity contribution in [1.29, 1.82) is 0 Å². The summed E-state index contributed by atoms with van der Waals surface area (Å²) in [5.74, 6) is 1.68. The highest BCUT2D eigenvalue weighted by atomic mass is 32.2. The molecule has 1 fully saturated rings. The summed E-state index contributed by atoms with van der Waals surface area (Å²) in [5.41, 5.74) is 2.06. The first-order valence-electron chi connectivity index (χ1n) is 10.5. The molecule has 4 rings (SSSR count). The number of likely N-dealkylation sites (tertiary alicyclic amines) is 1. The van der Waals surface area contributed by atoms with Crippen LogP contribution in [0, 0.1) is 5.92 Å². The molecule has 31 heavy (non-hydrogen) atoms. The smallest absolute Gasteiger partial charge is 0.244 e. The number of ether oxygens (including phenoxy) is 1. The summed E-state index contributed by atoms with van der Waals surface area (Å²) in [5, 5.41) is 14.8. The third-order valence-corrected chi connectivity index (χ3v) is 5.91. The minimum Gasteiger partial charge on any atom is -0.476 e. The number of rotatable bonds is 9. The van der Waals surface area contributed by atoms with Crippen molar-refractivity contribution in [3.8, 4) is 17.1 Å². The van der Waals surface area contributed by atoms with Crippen LogP contribution in [-0.4, -0.2) is 74.7 Å². The first kappa shape index (κ1) is 21.5. The summed E-state index contributed by atoms with van der Waals surface area (Å²) >= 11 is 0. The van der Waals surface area contributed by atoms with Gasteiger partial charge < -0.3 is 10.1 Å². The lowest BCUT2D eigenvalue weighted by Gasteiger charge is -2.30. The maximum absolute atomic E-state index is 10.9. The van der Waals surface area contributed by atoms with Crippen molar-refractivity contribution in [2.45, 2.75) is 39.2 Å². The van der Waals surface area contributed by atoms with E-state index in [-0.39, 0.29) is 11.9 Å². The van der Waals surface area contributed by atoms with Gasteiger partial charge in [0.1, 0.15) is 5.69 Å². The van der Waals surface area contributed by atoms with Crippen molar-refractivity contribution in [3.63, 3.8) is 0 Å². The summed E-state index contributed by atoms with van der Waals surface area (Å²) in [4.78, 5) is 11.1. The van der Waals surface area contributed by atoms with Crippen molar-refractivity contribution >= 4 is 22.3 Å². The molecule has 0 radical (unpaired) electrons. The third-order valence-electron chi connectivity index (χ3n) is 5.28. The van der Waals surface area contributed by atoms with Crippen LogP contribution in [0.2, 0.25) is 0 Å². The zero-order valence-electron chi connectivity index (χ0n) is 17.7. The molecule has 0 atom stereocenters. The van der Waals surface area contributed by atoms with Crippen LogP contribution in [0.1, 0.15) is 33.1 Å². The number of aromatic amines is 1. The number of nitrogens with zero attached hydrogens (tertiary/aromatic N) is 6. The molecule has 2 N–H and O–H groups in total. The Balaban J connectivity index is 1.54. The Morgan fingerprint density at radius 2 is 2.10 bits per heavy atom. The van der Waals surface area contributed by atoms with Crippen LogP contribution in [0.15, 0.2) is 18.6 Å². The molecule has 0 aromatic carbocycles. The van der Waals surface area contributed by atoms with Gasteiger partial charge in [-0.05, 0) is 25.2 Å². The average molecular weight is 449 g/mol. The number of nitrogens with one attached hydrogen (secondary N) is 2. The standard InChI is InChI=1S/C19H28N8O3S/c1-13(2)5-8-30-18-17(14-9-21-22-10-14)20-11-16-24-19(25-27(16)18)23-15-3-6-26(7-4-15)12-31(28)29/h9-11,13,15,31H,3-8,12H2,1-2H3,(H,21,22)(H,23,25). The van der Waals surface area contributed by atoms with E-state index in [4.69, 9.17) is 4.74 Å². The van der Waals surface area contributed by atoms with Gasteiger partial charge in [0.05, 0.1) is 24.9 Å². The molecule has 1 aliphatic heterocycles. The number of hydrogen-bond acceptors (Lipinski definition) is 9. The Morgan fingerprint density at radius 3 is 2.77 bits per heavy atom. The normalized spacial score (nSPS) is 15.9. The lowest BCUT2D eigenvalue weighted by atomic mass is 10.1. The van der Waals surface area contributed by atoms with Gasteiger partial charge in [0.15, 0.2) is 16.4 Å². The van der Waals surface area contributed by atoms with Crippen molar-refractivity contribution in [3.05, 3.63) is 18.6 Å². The Labute approximate surface area is 182 Å². The largest absolute Gasteiger partial charge is 0.476 e. The monoisotopic (exact) mass is 448 g/mol. The fourth-order valence-electron chi connectivity index (χ4n) is 3.56. The molecule has 3 aromatic rings. The fraction of sp³-hybridized carbons (Fsp3) is 0.579. The maximum atomic E-state index is 10.9. The van der Waals surface area contributed by atoms with Gasteiger partial charge in [0.25, 0.3) is 0 Å². The molecule has 1 aliphatic rings. The summed E-state index contributed by atoms with van der Waals surface area (Å²) in [6.07, 6.45) is 7.70. The molecule has 168 valence electrons. The summed E-state index contributed by atoms with van der Waals surface area (Å²) in [6, 6.07) is 0.185. The molecule has 11 nitrogen and oxygen atoms in total. The number of thiol groups is 1. The highest BCUT2D eigenvalue weighted by Crippen LogP contribution is 2.28. The lowest BCUT2D eigenvalue weighted by molar-refractivity contribution is 0.250. The zero-order chi connectivity index (χ0) is 21.8. The number of aromatic nitrogens is 6. The topological polar surface area (TPSA) is 130 Å². The van der Waals surface area contributed by atoms with Crippen molar-refractivity contribution in [1.82, 2.24) is 34.7 Å². The van der Waals surface area contributed by atoms with Gasteiger partial charge in [-0.3, -0.25) is 10.00 Å². The van der Waals surface area contributed by atoms with E-state index >= 15 is 0 Å². The Bertz CT molecular complexity index is 1060. The molecule has 0 bridgehead atoms. The van der Waals surface area contributed by atoms with E-state index < -0.39 is 10.7 Å². The number of anilines is 1. The van der Waals surface area contributed by atoms with E-state index in [0.717, 1.165) is 37.9 Å². The molecular weight excluding hydrogens is 420 g/mol. The van der Waals surface area contributed by atoms with Gasteiger partial charge in [0, 0.05) is 30.9 Å². The van der Waals surface area contributed by atoms with Crippen LogP contribution in [0.3, 0.4) is 0 Å². The minimum atomic E-state index is -2.38. The zero-order valence-corrected chi connectivity index (χ0v) is 18.6. The van der Waals surface area contributed by atoms with Crippen LogP contribution >= 0.6 is 0 Å². The van der Waals surface area contributed by atoms with Gasteiger partial charge in [-0.1, -0.05) is 13.8 Å². The molecule has 0 aliphatic carbocycles. The van der Waals surface area contributed by atoms with Gasteiger partial charge in [-0.15, -0.1) is 5.10 Å². The molecule has 0 spiro atoms. The van der Waals surface area contributed by atoms with Crippen molar-refractivity contribution in [2.24, 2.45) is 5.92 Å². The predicted molar refractivity (Wildman–Crippen MR) is 117 cm³/mol. The second-order valence-electron chi connectivity index (χ2n) is 8.15. The maximum Gasteiger partial charge on any atom is 0.244 e. The van der Waals surface area contributed by atoms with Crippen LogP contribution in [0.25, 0.3) is 16.9 Å². The summed E-state index contributed by atoms with van der Waals surface area (Å²) in [7, 11) is -2.38. The Hall–Kier alpha value is -2.73. The molecule has 0 amide bonds. The van der Waals surface area contributed by atoms with Crippen LogP contribution in [-0.2, 0) is 10.7 Å². The number of hydrogen-bond donors (Lipinski definition) is 3. The molecule has 12 heteroatoms. The first-order chi connectivity index (χ1) is 15.0. The molecular formula is C19H28N8O3S. The molecule has 4 heterocycles. The number of piperidine rings is 1. The predicted octanol–water partition coefficient (Wildman–Crippen LogP) is 1.38. The average Bonchev–Trinajstić information content (AvgIpc) is 3.38. The van der Waals surface area contributed by atoms with Crippen molar-refractivity contribution < 1.29 is 13.2 Å². The van der Waals surface area contributed by atoms with Gasteiger partial charge in [0.2, 0.25) is 11.8 Å². The summed E-state index contributed by atoms with van der Waals surface area (Å²) in [6.45, 7) is 6.30. The second kappa shape index (κ2) is 9.60. The third kappa shape index (κ3) is 5.31. The summed E-state index contributed by atoms with van der Waals surface area (Å²) < 4.78 is 29.6. The van der Waals surface area contributed by atoms with E-state index in [0.29, 0.717) is 35.7 Å². The van der Waals surface area contributed by atoms with E-state index in [1.54, 1.807) is 23.1 Å². The Morgan fingerprint density at radius 1 is 1.29 bits per heavy atom. The van der Waals surface area contributed by atoms with Crippen LogP contribution < -0.4 is 10.1 Å². The number of H-pyrrole nitrogens is 1. The van der Waals surface area contributed by atoms with Crippen LogP contribution in [0.4, 0.5) is 5.95 Å². The van der Waals surface area contributed by atoms with Gasteiger partial charge in [-0.2, -0.15) is 14.6 Å². The van der Waals surface area contributed by atoms with Crippen LogP contribution in [0.5, 0.6) is 5.88 Å². The van der Waals surface area contributed by atoms with Gasteiger partial charge >= 0.3 is 0 Å². The quantitative estimate of drug-likeness (QED) is 0.416. The second-order valence-corrected chi connectivity index (χ2v) is 9.09. The number of fused-ring (bicyclic) bond motifs is 1.